The number of nitrogens with zero attached hydrogens (tertiary/aromatic N) is 3. The van der Waals surface area contributed by atoms with Crippen LogP contribution in [0.5, 0.6) is 0 Å². The molecule has 0 aliphatic heterocycles. The van der Waals surface area contributed by atoms with Crippen LogP contribution in [0, 0.1) is 0 Å². The Hall–Kier alpha value is -2.54. The second-order valence-electron chi connectivity index (χ2n) is 5.62. The summed E-state index contributed by atoms with van der Waals surface area (Å²) in [5.41, 5.74) is 8.25. The summed E-state index contributed by atoms with van der Waals surface area (Å²) in [4.78, 5) is 14.0. The minimum Gasteiger partial charge on any atom is -0.394 e. The average Bonchev–Trinajstić information content (AvgIpc) is 2.68. The topological polar surface area (TPSA) is 76.7 Å². The molecule has 0 fully saturated rings. The molecule has 0 atom stereocenters. The molecule has 2 aromatic heterocycles. The van der Waals surface area contributed by atoms with Crippen molar-refractivity contribution in [2.24, 2.45) is 0 Å². The zero-order valence-corrected chi connectivity index (χ0v) is 16.2. The van der Waals surface area contributed by atoms with E-state index in [0.29, 0.717) is 32.3 Å². The van der Waals surface area contributed by atoms with Gasteiger partial charge in [-0.15, -0.1) is 0 Å². The second kappa shape index (κ2) is 7.60. The second-order valence-corrected chi connectivity index (χ2v) is 7.50. The lowest BCUT2D eigenvalue weighted by atomic mass is 10.2. The first-order valence-corrected chi connectivity index (χ1v) is 9.53. The smallest absolute Gasteiger partial charge is 0.158 e. The summed E-state index contributed by atoms with van der Waals surface area (Å²) >= 11 is 13.7. The lowest BCUT2D eigenvalue weighted by Gasteiger charge is -2.12. The number of nitrogen functional groups attached to an aromatic ring is 1. The highest BCUT2D eigenvalue weighted by Gasteiger charge is 2.13. The van der Waals surface area contributed by atoms with Gasteiger partial charge in [-0.1, -0.05) is 53.2 Å². The number of fused-ring (bicyclic) bond motifs is 1. The quantitative estimate of drug-likeness (QED) is 0.411. The molecule has 5 nitrogen and oxygen atoms in total. The number of benzene rings is 2. The Kier molecular flexibility index (Phi) is 5.03. The number of hydrogen-bond donors (Lipinski definition) is 2. The fourth-order valence-electron chi connectivity index (χ4n) is 2.54. The molecule has 0 amide bonds. The summed E-state index contributed by atoms with van der Waals surface area (Å²) in [5.74, 6) is 0.463. The molecule has 0 bridgehead atoms. The molecular formula is C19H13Cl2N5S. The van der Waals surface area contributed by atoms with Gasteiger partial charge in [-0.25, -0.2) is 9.97 Å². The summed E-state index contributed by atoms with van der Waals surface area (Å²) in [5, 5.41) is 5.89. The van der Waals surface area contributed by atoms with Gasteiger partial charge in [-0.05, 0) is 30.3 Å². The maximum Gasteiger partial charge on any atom is 0.158 e. The van der Waals surface area contributed by atoms with Gasteiger partial charge in [0.05, 0.1) is 16.2 Å². The van der Waals surface area contributed by atoms with Crippen LogP contribution in [0.4, 0.5) is 17.2 Å². The van der Waals surface area contributed by atoms with E-state index < -0.39 is 0 Å². The first-order chi connectivity index (χ1) is 13.1. The van der Waals surface area contributed by atoms with Gasteiger partial charge in [0.15, 0.2) is 5.82 Å². The highest BCUT2D eigenvalue weighted by atomic mass is 35.5. The molecular weight excluding hydrogens is 401 g/mol. The Morgan fingerprint density at radius 1 is 0.963 bits per heavy atom. The number of rotatable bonds is 4. The molecule has 4 aromatic rings. The van der Waals surface area contributed by atoms with Crippen LogP contribution in [-0.4, -0.2) is 15.0 Å². The Morgan fingerprint density at radius 2 is 1.81 bits per heavy atom. The lowest BCUT2D eigenvalue weighted by molar-refractivity contribution is 1.06. The van der Waals surface area contributed by atoms with E-state index in [1.165, 1.54) is 18.1 Å². The number of pyridine rings is 1. The molecule has 8 heteroatoms. The Morgan fingerprint density at radius 3 is 2.70 bits per heavy atom. The van der Waals surface area contributed by atoms with Crippen LogP contribution in [0.25, 0.3) is 10.9 Å². The standard InChI is InChI=1S/C19H13Cl2N5S/c20-12-6-7-13(21)14(9-12)26-18-16(22)19(25-10-24-18)27-15-5-1-3-11-4-2-8-23-17(11)15/h1-10H,22H2,(H,24,25,26). The minimum absolute atomic E-state index is 0.423. The van der Waals surface area contributed by atoms with Gasteiger partial charge in [0, 0.05) is 21.5 Å². The number of aromatic nitrogens is 3. The third-order valence-electron chi connectivity index (χ3n) is 3.83. The molecule has 134 valence electrons. The molecule has 0 spiro atoms. The van der Waals surface area contributed by atoms with Crippen molar-refractivity contribution in [1.29, 1.82) is 0 Å². The third-order valence-corrected chi connectivity index (χ3v) is 5.46. The van der Waals surface area contributed by atoms with Crippen molar-refractivity contribution < 1.29 is 0 Å². The highest BCUT2D eigenvalue weighted by Crippen LogP contribution is 2.37. The molecule has 0 unspecified atom stereocenters. The lowest BCUT2D eigenvalue weighted by Crippen LogP contribution is -2.02. The first kappa shape index (κ1) is 17.9. The number of halogens is 2. The molecule has 3 N–H and O–H groups in total. The Labute approximate surface area is 170 Å². The fraction of sp³-hybridized carbons (Fsp3) is 0. The number of anilines is 3. The average molecular weight is 414 g/mol. The van der Waals surface area contributed by atoms with E-state index in [-0.39, 0.29) is 0 Å². The molecule has 0 saturated carbocycles. The molecule has 0 aliphatic carbocycles. The van der Waals surface area contributed by atoms with Gasteiger partial charge < -0.3 is 11.1 Å². The zero-order chi connectivity index (χ0) is 18.8. The summed E-state index contributed by atoms with van der Waals surface area (Å²) in [6, 6.07) is 15.1. The zero-order valence-electron chi connectivity index (χ0n) is 13.9. The van der Waals surface area contributed by atoms with Gasteiger partial charge in [0.25, 0.3) is 0 Å². The molecule has 0 saturated heterocycles. The van der Waals surface area contributed by atoms with Crippen molar-refractivity contribution in [3.63, 3.8) is 0 Å². The summed E-state index contributed by atoms with van der Waals surface area (Å²) in [6.07, 6.45) is 3.22. The van der Waals surface area contributed by atoms with Crippen molar-refractivity contribution >= 4 is 63.1 Å². The van der Waals surface area contributed by atoms with Crippen LogP contribution in [0.15, 0.2) is 71.0 Å². The van der Waals surface area contributed by atoms with E-state index in [1.807, 2.05) is 30.3 Å². The molecule has 27 heavy (non-hydrogen) atoms. The predicted octanol–water partition coefficient (Wildman–Crippen LogP) is 5.81. The van der Waals surface area contributed by atoms with E-state index in [4.69, 9.17) is 28.9 Å². The van der Waals surface area contributed by atoms with Gasteiger partial charge >= 0.3 is 0 Å². The van der Waals surface area contributed by atoms with Crippen LogP contribution >= 0.6 is 35.0 Å². The van der Waals surface area contributed by atoms with Crippen molar-refractivity contribution in [2.45, 2.75) is 9.92 Å². The summed E-state index contributed by atoms with van der Waals surface area (Å²) in [7, 11) is 0. The maximum atomic E-state index is 6.31. The first-order valence-electron chi connectivity index (χ1n) is 7.96. The maximum absolute atomic E-state index is 6.31. The van der Waals surface area contributed by atoms with Gasteiger partial charge in [-0.2, -0.15) is 0 Å². The molecule has 2 aromatic carbocycles. The number of nitrogens with one attached hydrogen (secondary N) is 1. The van der Waals surface area contributed by atoms with E-state index in [0.717, 1.165) is 15.8 Å². The Bertz CT molecular complexity index is 1130. The van der Waals surface area contributed by atoms with Crippen LogP contribution in [-0.2, 0) is 0 Å². The SMILES string of the molecule is Nc1c(Nc2cc(Cl)ccc2Cl)ncnc1Sc1cccc2cccnc12. The van der Waals surface area contributed by atoms with Gasteiger partial charge in [0.1, 0.15) is 17.0 Å². The van der Waals surface area contributed by atoms with E-state index in [1.54, 1.807) is 24.4 Å². The van der Waals surface area contributed by atoms with Crippen LogP contribution in [0.2, 0.25) is 10.0 Å². The van der Waals surface area contributed by atoms with E-state index >= 15 is 0 Å². The minimum atomic E-state index is 0.423. The number of nitrogens with two attached hydrogens (primary N) is 1. The van der Waals surface area contributed by atoms with Crippen LogP contribution in [0.3, 0.4) is 0 Å². The predicted molar refractivity (Wildman–Crippen MR) is 112 cm³/mol. The third kappa shape index (κ3) is 3.78. The van der Waals surface area contributed by atoms with Gasteiger partial charge in [0.2, 0.25) is 0 Å². The van der Waals surface area contributed by atoms with Crippen molar-refractivity contribution in [3.05, 3.63) is 71.1 Å². The van der Waals surface area contributed by atoms with Crippen molar-refractivity contribution in [1.82, 2.24) is 15.0 Å². The molecule has 2 heterocycles. The number of hydrogen-bond acceptors (Lipinski definition) is 6. The fourth-order valence-corrected chi connectivity index (χ4v) is 3.81. The molecule has 0 radical (unpaired) electrons. The Balaban J connectivity index is 1.69. The number of para-hydroxylation sites is 1. The monoisotopic (exact) mass is 413 g/mol. The molecule has 4 rings (SSSR count). The van der Waals surface area contributed by atoms with E-state index in [2.05, 4.69) is 20.3 Å². The van der Waals surface area contributed by atoms with Crippen LogP contribution in [0.1, 0.15) is 0 Å². The van der Waals surface area contributed by atoms with Gasteiger partial charge in [-0.3, -0.25) is 4.98 Å². The highest BCUT2D eigenvalue weighted by molar-refractivity contribution is 7.99. The van der Waals surface area contributed by atoms with E-state index in [9.17, 15) is 0 Å². The largest absolute Gasteiger partial charge is 0.394 e. The van der Waals surface area contributed by atoms with Crippen molar-refractivity contribution in [2.75, 3.05) is 11.1 Å². The summed E-state index contributed by atoms with van der Waals surface area (Å²) in [6.45, 7) is 0. The molecule has 0 aliphatic rings. The van der Waals surface area contributed by atoms with Crippen molar-refractivity contribution in [3.8, 4) is 0 Å². The van der Waals surface area contributed by atoms with Crippen LogP contribution < -0.4 is 11.1 Å². The summed E-state index contributed by atoms with van der Waals surface area (Å²) < 4.78 is 0. The normalized spacial score (nSPS) is 10.9.